The van der Waals surface area contributed by atoms with Gasteiger partial charge in [0.2, 0.25) is 0 Å². The quantitative estimate of drug-likeness (QED) is 0.553. The van der Waals surface area contributed by atoms with Crippen molar-refractivity contribution < 1.29 is 4.79 Å². The van der Waals surface area contributed by atoms with E-state index in [1.807, 2.05) is 10.6 Å². The monoisotopic (exact) mass is 397 g/mol. The van der Waals surface area contributed by atoms with E-state index in [4.69, 9.17) is 10.7 Å². The standard InChI is InChI=1S/C21H27N5OS/c1-21(2,3)25-19-18(14-5-7-16(28-4)8-6-14)24-17-13-15(9-12-26(17)19)20(27)23-11-10-22/h5-9,12-13,25H,10-11,22H2,1-4H3,(H,23,27). The first-order valence-electron chi connectivity index (χ1n) is 9.25. The second-order valence-corrected chi connectivity index (χ2v) is 8.48. The van der Waals surface area contributed by atoms with Gasteiger partial charge in [-0.15, -0.1) is 11.8 Å². The van der Waals surface area contributed by atoms with Gasteiger partial charge in [0, 0.05) is 40.8 Å². The van der Waals surface area contributed by atoms with Crippen LogP contribution in [0.3, 0.4) is 0 Å². The lowest BCUT2D eigenvalue weighted by Crippen LogP contribution is -2.29. The number of nitrogens with two attached hydrogens (primary N) is 1. The van der Waals surface area contributed by atoms with Gasteiger partial charge in [-0.2, -0.15) is 0 Å². The van der Waals surface area contributed by atoms with E-state index in [9.17, 15) is 4.79 Å². The number of amides is 1. The fraction of sp³-hybridized carbons (Fsp3) is 0.333. The maximum absolute atomic E-state index is 12.3. The number of hydrogen-bond acceptors (Lipinski definition) is 5. The van der Waals surface area contributed by atoms with Gasteiger partial charge in [-0.05, 0) is 51.3 Å². The first kappa shape index (κ1) is 20.2. The molecule has 0 bridgehead atoms. The topological polar surface area (TPSA) is 84.5 Å². The molecule has 28 heavy (non-hydrogen) atoms. The Hall–Kier alpha value is -2.51. The Balaban J connectivity index is 2.09. The minimum absolute atomic E-state index is 0.138. The largest absolute Gasteiger partial charge is 0.365 e. The van der Waals surface area contributed by atoms with Crippen LogP contribution in [0.25, 0.3) is 16.9 Å². The van der Waals surface area contributed by atoms with E-state index < -0.39 is 0 Å². The molecule has 2 heterocycles. The van der Waals surface area contributed by atoms with Crippen molar-refractivity contribution in [3.8, 4) is 11.3 Å². The molecule has 4 N–H and O–H groups in total. The summed E-state index contributed by atoms with van der Waals surface area (Å²) in [5.74, 6) is 0.764. The molecule has 2 aromatic heterocycles. The van der Waals surface area contributed by atoms with Crippen molar-refractivity contribution >= 4 is 29.1 Å². The predicted molar refractivity (Wildman–Crippen MR) is 117 cm³/mol. The third-order valence-corrected chi connectivity index (χ3v) is 4.92. The molecule has 0 aliphatic heterocycles. The molecular formula is C21H27N5OS. The summed E-state index contributed by atoms with van der Waals surface area (Å²) in [6.45, 7) is 7.19. The molecule has 1 aromatic carbocycles. The Kier molecular flexibility index (Phi) is 5.96. The molecule has 0 unspecified atom stereocenters. The van der Waals surface area contributed by atoms with Gasteiger partial charge in [-0.25, -0.2) is 4.98 Å². The highest BCUT2D eigenvalue weighted by Gasteiger charge is 2.20. The van der Waals surface area contributed by atoms with Gasteiger partial charge in [0.25, 0.3) is 5.91 Å². The van der Waals surface area contributed by atoms with Gasteiger partial charge < -0.3 is 16.4 Å². The Morgan fingerprint density at radius 1 is 1.21 bits per heavy atom. The summed E-state index contributed by atoms with van der Waals surface area (Å²) in [5.41, 5.74) is 8.51. The Bertz CT molecular complexity index is 973. The maximum Gasteiger partial charge on any atom is 0.251 e. The molecule has 0 saturated heterocycles. The number of carbonyl (C=O) groups excluding carboxylic acids is 1. The van der Waals surface area contributed by atoms with E-state index >= 15 is 0 Å². The third-order valence-electron chi connectivity index (χ3n) is 4.18. The van der Waals surface area contributed by atoms with Crippen molar-refractivity contribution in [1.29, 1.82) is 0 Å². The van der Waals surface area contributed by atoms with Crippen molar-refractivity contribution in [1.82, 2.24) is 14.7 Å². The molecule has 7 heteroatoms. The van der Waals surface area contributed by atoms with Crippen LogP contribution in [0, 0.1) is 0 Å². The lowest BCUT2D eigenvalue weighted by Gasteiger charge is -2.22. The summed E-state index contributed by atoms with van der Waals surface area (Å²) in [5, 5.41) is 6.36. The van der Waals surface area contributed by atoms with Crippen LogP contribution in [0.1, 0.15) is 31.1 Å². The van der Waals surface area contributed by atoms with Crippen LogP contribution in [-0.4, -0.2) is 40.2 Å². The third kappa shape index (κ3) is 4.48. The second kappa shape index (κ2) is 8.24. The van der Waals surface area contributed by atoms with Crippen molar-refractivity contribution in [2.24, 2.45) is 5.73 Å². The van der Waals surface area contributed by atoms with Crippen LogP contribution < -0.4 is 16.4 Å². The SMILES string of the molecule is CSc1ccc(-c2nc3cc(C(=O)NCCN)ccn3c2NC(C)(C)C)cc1. The van der Waals surface area contributed by atoms with Crippen molar-refractivity contribution in [2.75, 3.05) is 24.7 Å². The number of thioether (sulfide) groups is 1. The van der Waals surface area contributed by atoms with E-state index in [1.165, 1.54) is 4.90 Å². The highest BCUT2D eigenvalue weighted by molar-refractivity contribution is 7.98. The Labute approximate surface area is 169 Å². The van der Waals surface area contributed by atoms with E-state index in [0.29, 0.717) is 18.7 Å². The van der Waals surface area contributed by atoms with Crippen LogP contribution in [0.5, 0.6) is 0 Å². The van der Waals surface area contributed by atoms with Gasteiger partial charge >= 0.3 is 0 Å². The normalized spacial score (nSPS) is 11.6. The molecule has 0 atom stereocenters. The number of nitrogens with one attached hydrogen (secondary N) is 2. The molecule has 0 aliphatic carbocycles. The number of carbonyl (C=O) groups is 1. The first-order valence-corrected chi connectivity index (χ1v) is 10.5. The lowest BCUT2D eigenvalue weighted by molar-refractivity contribution is 0.0954. The van der Waals surface area contributed by atoms with Crippen LogP contribution in [0.4, 0.5) is 5.82 Å². The summed E-state index contributed by atoms with van der Waals surface area (Å²) in [6, 6.07) is 12.0. The van der Waals surface area contributed by atoms with Crippen LogP contribution in [-0.2, 0) is 0 Å². The van der Waals surface area contributed by atoms with E-state index in [0.717, 1.165) is 22.7 Å². The van der Waals surface area contributed by atoms with Gasteiger partial charge in [0.05, 0.1) is 0 Å². The molecular weight excluding hydrogens is 370 g/mol. The molecule has 0 saturated carbocycles. The molecule has 6 nitrogen and oxygen atoms in total. The number of benzene rings is 1. The van der Waals surface area contributed by atoms with E-state index in [1.54, 1.807) is 23.9 Å². The number of aromatic nitrogens is 2. The Morgan fingerprint density at radius 3 is 2.54 bits per heavy atom. The number of imidazole rings is 1. The molecule has 148 valence electrons. The van der Waals surface area contributed by atoms with Crippen LogP contribution in [0.2, 0.25) is 0 Å². The summed E-state index contributed by atoms with van der Waals surface area (Å²) in [7, 11) is 0. The fourth-order valence-corrected chi connectivity index (χ4v) is 3.31. The molecule has 3 aromatic rings. The molecule has 0 spiro atoms. The number of pyridine rings is 1. The molecule has 1 amide bonds. The smallest absolute Gasteiger partial charge is 0.251 e. The first-order chi connectivity index (χ1) is 13.3. The molecule has 0 aliphatic rings. The fourth-order valence-electron chi connectivity index (χ4n) is 2.90. The zero-order valence-electron chi connectivity index (χ0n) is 16.7. The average molecular weight is 398 g/mol. The van der Waals surface area contributed by atoms with Gasteiger partial charge in [0.1, 0.15) is 17.2 Å². The number of hydrogen-bond donors (Lipinski definition) is 3. The number of anilines is 1. The lowest BCUT2D eigenvalue weighted by atomic mass is 10.1. The average Bonchev–Trinajstić information content (AvgIpc) is 3.02. The number of rotatable bonds is 6. The second-order valence-electron chi connectivity index (χ2n) is 7.60. The zero-order chi connectivity index (χ0) is 20.3. The highest BCUT2D eigenvalue weighted by atomic mass is 32.2. The number of fused-ring (bicyclic) bond motifs is 1. The molecule has 0 fully saturated rings. The van der Waals surface area contributed by atoms with E-state index in [2.05, 4.69) is 61.9 Å². The van der Waals surface area contributed by atoms with Crippen molar-refractivity contribution in [3.63, 3.8) is 0 Å². The summed E-state index contributed by atoms with van der Waals surface area (Å²) in [6.07, 6.45) is 3.94. The predicted octanol–water partition coefficient (Wildman–Crippen LogP) is 3.62. The van der Waals surface area contributed by atoms with Crippen molar-refractivity contribution in [2.45, 2.75) is 31.2 Å². The molecule has 0 radical (unpaired) electrons. The van der Waals surface area contributed by atoms with Gasteiger partial charge in [-0.1, -0.05) is 12.1 Å². The number of nitrogens with zero attached hydrogens (tertiary/aromatic N) is 2. The van der Waals surface area contributed by atoms with Crippen LogP contribution >= 0.6 is 11.8 Å². The Morgan fingerprint density at radius 2 is 1.93 bits per heavy atom. The van der Waals surface area contributed by atoms with Crippen molar-refractivity contribution in [3.05, 3.63) is 48.2 Å². The summed E-state index contributed by atoms with van der Waals surface area (Å²) < 4.78 is 1.99. The molecule has 3 rings (SSSR count). The minimum Gasteiger partial charge on any atom is -0.365 e. The van der Waals surface area contributed by atoms with E-state index in [-0.39, 0.29) is 11.4 Å². The van der Waals surface area contributed by atoms with Crippen LogP contribution in [0.15, 0.2) is 47.5 Å². The summed E-state index contributed by atoms with van der Waals surface area (Å²) in [4.78, 5) is 18.3. The van der Waals surface area contributed by atoms with Gasteiger partial charge in [-0.3, -0.25) is 9.20 Å². The minimum atomic E-state index is -0.146. The maximum atomic E-state index is 12.3. The van der Waals surface area contributed by atoms with Gasteiger partial charge in [0.15, 0.2) is 0 Å². The summed E-state index contributed by atoms with van der Waals surface area (Å²) >= 11 is 1.71. The zero-order valence-corrected chi connectivity index (χ0v) is 17.6. The highest BCUT2D eigenvalue weighted by Crippen LogP contribution is 2.32.